The van der Waals surface area contributed by atoms with Crippen LogP contribution in [0.2, 0.25) is 0 Å². The van der Waals surface area contributed by atoms with Gasteiger partial charge in [-0.15, -0.1) is 24.8 Å². The minimum Gasteiger partial charge on any atom is -0.355 e. The molecule has 1 unspecified atom stereocenters. The molecule has 2 saturated heterocycles. The minimum atomic E-state index is 0. The topological polar surface area (TPSA) is 61.4 Å². The molecule has 2 aliphatic heterocycles. The Bertz CT molecular complexity index is 482. The first kappa shape index (κ1) is 19.9. The fraction of sp³-hybridized carbons (Fsp3) is 0.667. The molecule has 0 aromatic carbocycles. The zero-order valence-corrected chi connectivity index (χ0v) is 15.0. The van der Waals surface area contributed by atoms with Crippen molar-refractivity contribution in [2.75, 3.05) is 37.6 Å². The number of amides is 1. The Kier molecular flexibility index (Phi) is 8.02. The molecule has 2 fully saturated rings. The maximum atomic E-state index is 12.6. The largest absolute Gasteiger partial charge is 0.355 e. The Balaban J connectivity index is 0.00000132. The summed E-state index contributed by atoms with van der Waals surface area (Å²) >= 11 is 0. The number of hydrogen-bond donors (Lipinski definition) is 1. The highest BCUT2D eigenvalue weighted by atomic mass is 35.5. The van der Waals surface area contributed by atoms with Crippen molar-refractivity contribution in [3.8, 4) is 0 Å². The third-order valence-corrected chi connectivity index (χ3v) is 4.40. The van der Waals surface area contributed by atoms with E-state index in [1.54, 1.807) is 18.6 Å². The number of piperazine rings is 1. The van der Waals surface area contributed by atoms with Crippen LogP contribution in [0.4, 0.5) is 5.82 Å². The molecule has 1 amide bonds. The van der Waals surface area contributed by atoms with E-state index in [1.165, 1.54) is 0 Å². The van der Waals surface area contributed by atoms with Gasteiger partial charge in [-0.25, -0.2) is 4.98 Å². The van der Waals surface area contributed by atoms with Gasteiger partial charge in [0.15, 0.2) is 0 Å². The first-order valence-corrected chi connectivity index (χ1v) is 7.77. The summed E-state index contributed by atoms with van der Waals surface area (Å²) in [5.74, 6) is 1.42. The van der Waals surface area contributed by atoms with E-state index in [0.717, 1.165) is 51.4 Å². The minimum absolute atomic E-state index is 0. The van der Waals surface area contributed by atoms with Crippen LogP contribution < -0.4 is 10.2 Å². The molecule has 1 atom stereocenters. The zero-order valence-electron chi connectivity index (χ0n) is 13.4. The molecular weight excluding hydrogens is 337 g/mol. The maximum Gasteiger partial charge on any atom is 0.225 e. The molecule has 6 nitrogen and oxygen atoms in total. The number of carbonyl (C=O) groups excluding carboxylic acids is 1. The standard InChI is InChI=1S/C15H23N5O.2ClH/c1-12-11-20(9-6-17-12)15(21)13-2-7-19(8-3-13)14-10-16-4-5-18-14;;/h4-5,10,12-13,17H,2-3,6-9,11H2,1H3;2*1H. The molecule has 23 heavy (non-hydrogen) atoms. The molecule has 0 saturated carbocycles. The van der Waals surface area contributed by atoms with E-state index in [0.29, 0.717) is 11.9 Å². The van der Waals surface area contributed by atoms with Gasteiger partial charge in [0.2, 0.25) is 5.91 Å². The number of piperidine rings is 1. The van der Waals surface area contributed by atoms with Gasteiger partial charge in [-0.2, -0.15) is 0 Å². The van der Waals surface area contributed by atoms with E-state index in [9.17, 15) is 4.79 Å². The van der Waals surface area contributed by atoms with E-state index in [1.807, 2.05) is 4.90 Å². The average molecular weight is 362 g/mol. The number of carbonyl (C=O) groups is 1. The van der Waals surface area contributed by atoms with Gasteiger partial charge in [-0.1, -0.05) is 0 Å². The van der Waals surface area contributed by atoms with E-state index in [-0.39, 0.29) is 30.7 Å². The number of nitrogens with zero attached hydrogens (tertiary/aromatic N) is 4. The lowest BCUT2D eigenvalue weighted by Gasteiger charge is -2.37. The molecule has 3 rings (SSSR count). The van der Waals surface area contributed by atoms with Crippen LogP contribution >= 0.6 is 24.8 Å². The van der Waals surface area contributed by atoms with Crippen molar-refractivity contribution < 1.29 is 4.79 Å². The van der Waals surface area contributed by atoms with Gasteiger partial charge in [0.1, 0.15) is 5.82 Å². The van der Waals surface area contributed by atoms with Gasteiger partial charge in [0, 0.05) is 57.1 Å². The quantitative estimate of drug-likeness (QED) is 0.861. The second kappa shape index (κ2) is 9.25. The first-order chi connectivity index (χ1) is 10.2. The molecule has 2 aliphatic rings. The fourth-order valence-electron chi connectivity index (χ4n) is 3.20. The van der Waals surface area contributed by atoms with Crippen LogP contribution in [-0.2, 0) is 4.79 Å². The van der Waals surface area contributed by atoms with Gasteiger partial charge >= 0.3 is 0 Å². The second-order valence-corrected chi connectivity index (χ2v) is 5.96. The fourth-order valence-corrected chi connectivity index (χ4v) is 3.20. The van der Waals surface area contributed by atoms with Crippen molar-refractivity contribution in [1.82, 2.24) is 20.2 Å². The summed E-state index contributed by atoms with van der Waals surface area (Å²) in [7, 11) is 0. The summed E-state index contributed by atoms with van der Waals surface area (Å²) in [5.41, 5.74) is 0. The number of anilines is 1. The lowest BCUT2D eigenvalue weighted by atomic mass is 9.94. The summed E-state index contributed by atoms with van der Waals surface area (Å²) < 4.78 is 0. The molecule has 0 radical (unpaired) electrons. The molecule has 8 heteroatoms. The van der Waals surface area contributed by atoms with E-state index >= 15 is 0 Å². The highest BCUT2D eigenvalue weighted by molar-refractivity contribution is 5.85. The van der Waals surface area contributed by atoms with Crippen LogP contribution in [0.1, 0.15) is 19.8 Å². The molecule has 1 aromatic heterocycles. The van der Waals surface area contributed by atoms with Crippen LogP contribution in [0.25, 0.3) is 0 Å². The number of halogens is 2. The van der Waals surface area contributed by atoms with Crippen LogP contribution in [-0.4, -0.2) is 59.5 Å². The van der Waals surface area contributed by atoms with Crippen LogP contribution in [0.3, 0.4) is 0 Å². The summed E-state index contributed by atoms with van der Waals surface area (Å²) in [5, 5.41) is 3.38. The van der Waals surface area contributed by atoms with Crippen LogP contribution in [0.5, 0.6) is 0 Å². The van der Waals surface area contributed by atoms with E-state index in [4.69, 9.17) is 0 Å². The maximum absolute atomic E-state index is 12.6. The molecule has 3 heterocycles. The van der Waals surface area contributed by atoms with Gasteiger partial charge < -0.3 is 15.1 Å². The first-order valence-electron chi connectivity index (χ1n) is 7.77. The summed E-state index contributed by atoms with van der Waals surface area (Å²) in [6, 6.07) is 0.405. The smallest absolute Gasteiger partial charge is 0.225 e. The Labute approximate surface area is 149 Å². The van der Waals surface area contributed by atoms with Crippen molar-refractivity contribution in [3.63, 3.8) is 0 Å². The molecular formula is C15H25Cl2N5O. The summed E-state index contributed by atoms with van der Waals surface area (Å²) in [6.45, 7) is 6.49. The van der Waals surface area contributed by atoms with Crippen molar-refractivity contribution >= 4 is 36.5 Å². The molecule has 1 aromatic rings. The van der Waals surface area contributed by atoms with Gasteiger partial charge in [0.25, 0.3) is 0 Å². The van der Waals surface area contributed by atoms with E-state index < -0.39 is 0 Å². The summed E-state index contributed by atoms with van der Waals surface area (Å²) in [4.78, 5) is 25.3. The Hall–Kier alpha value is -1.11. The highest BCUT2D eigenvalue weighted by Gasteiger charge is 2.30. The van der Waals surface area contributed by atoms with Crippen molar-refractivity contribution in [3.05, 3.63) is 18.6 Å². The predicted molar refractivity (Wildman–Crippen MR) is 95.5 cm³/mol. The van der Waals surface area contributed by atoms with Crippen molar-refractivity contribution in [2.45, 2.75) is 25.8 Å². The predicted octanol–water partition coefficient (Wildman–Crippen LogP) is 1.36. The third-order valence-electron chi connectivity index (χ3n) is 4.40. The van der Waals surface area contributed by atoms with Gasteiger partial charge in [-0.3, -0.25) is 9.78 Å². The van der Waals surface area contributed by atoms with Crippen molar-refractivity contribution in [2.24, 2.45) is 5.92 Å². The summed E-state index contributed by atoms with van der Waals surface area (Å²) in [6.07, 6.45) is 7.02. The number of nitrogens with one attached hydrogen (secondary N) is 1. The SMILES string of the molecule is CC1CN(C(=O)C2CCN(c3cnccn3)CC2)CCN1.Cl.Cl. The Morgan fingerprint density at radius 2 is 1.96 bits per heavy atom. The van der Waals surface area contributed by atoms with E-state index in [2.05, 4.69) is 27.1 Å². The third kappa shape index (κ3) is 4.93. The normalized spacial score (nSPS) is 22.0. The van der Waals surface area contributed by atoms with Gasteiger partial charge in [0.05, 0.1) is 6.20 Å². The monoisotopic (exact) mass is 361 g/mol. The molecule has 130 valence electrons. The lowest BCUT2D eigenvalue weighted by molar-refractivity contribution is -0.137. The highest BCUT2D eigenvalue weighted by Crippen LogP contribution is 2.23. The van der Waals surface area contributed by atoms with Crippen LogP contribution in [0.15, 0.2) is 18.6 Å². The van der Waals surface area contributed by atoms with Crippen LogP contribution in [0, 0.1) is 5.92 Å². The molecule has 1 N–H and O–H groups in total. The Morgan fingerprint density at radius 1 is 1.22 bits per heavy atom. The Morgan fingerprint density at radius 3 is 2.57 bits per heavy atom. The molecule has 0 bridgehead atoms. The number of aromatic nitrogens is 2. The van der Waals surface area contributed by atoms with Crippen molar-refractivity contribution in [1.29, 1.82) is 0 Å². The second-order valence-electron chi connectivity index (χ2n) is 5.96. The zero-order chi connectivity index (χ0) is 14.7. The number of hydrogen-bond acceptors (Lipinski definition) is 5. The van der Waals surface area contributed by atoms with Gasteiger partial charge in [-0.05, 0) is 19.8 Å². The number of rotatable bonds is 2. The lowest BCUT2D eigenvalue weighted by Crippen LogP contribution is -2.53. The molecule has 0 aliphatic carbocycles. The average Bonchev–Trinajstić information content (AvgIpc) is 2.55. The molecule has 0 spiro atoms.